The molecule has 0 saturated carbocycles. The van der Waals surface area contributed by atoms with Gasteiger partial charge in [0.2, 0.25) is 6.79 Å². The number of hydrogen-bond acceptors (Lipinski definition) is 6. The van der Waals surface area contributed by atoms with Crippen molar-refractivity contribution in [2.75, 3.05) is 6.79 Å². The number of aromatic nitrogens is 2. The molecule has 5 rings (SSSR count). The van der Waals surface area contributed by atoms with Gasteiger partial charge in [-0.15, -0.1) is 11.3 Å². The molecule has 0 spiro atoms. The molecule has 0 fully saturated rings. The lowest BCUT2D eigenvalue weighted by atomic mass is 10.2. The van der Waals surface area contributed by atoms with Gasteiger partial charge < -0.3 is 14.2 Å². The van der Waals surface area contributed by atoms with Crippen molar-refractivity contribution in [2.24, 2.45) is 0 Å². The van der Waals surface area contributed by atoms with E-state index in [0.717, 1.165) is 27.2 Å². The minimum absolute atomic E-state index is 0.174. The lowest BCUT2D eigenvalue weighted by molar-refractivity contribution is 0.0478. The van der Waals surface area contributed by atoms with Crippen LogP contribution in [0.25, 0.3) is 15.9 Å². The number of aryl methyl sites for hydroxylation is 1. The van der Waals surface area contributed by atoms with Gasteiger partial charge in [-0.2, -0.15) is 5.10 Å². The fourth-order valence-electron chi connectivity index (χ4n) is 3.14. The molecule has 0 unspecified atom stereocenters. The van der Waals surface area contributed by atoms with E-state index in [1.54, 1.807) is 0 Å². The molecular weight excluding hydrogens is 376 g/mol. The van der Waals surface area contributed by atoms with Gasteiger partial charge in [0, 0.05) is 5.39 Å². The first kappa shape index (κ1) is 16.8. The van der Waals surface area contributed by atoms with Crippen molar-refractivity contribution in [3.63, 3.8) is 0 Å². The molecule has 0 N–H and O–H groups in total. The highest BCUT2D eigenvalue weighted by Crippen LogP contribution is 2.33. The van der Waals surface area contributed by atoms with E-state index in [4.69, 9.17) is 14.2 Å². The van der Waals surface area contributed by atoms with Gasteiger partial charge in [-0.05, 0) is 42.8 Å². The molecule has 0 bridgehead atoms. The van der Waals surface area contributed by atoms with Gasteiger partial charge in [0.15, 0.2) is 11.5 Å². The normalized spacial score (nSPS) is 12.5. The second kappa shape index (κ2) is 6.69. The Bertz CT molecular complexity index is 1180. The number of esters is 1. The van der Waals surface area contributed by atoms with E-state index < -0.39 is 0 Å². The smallest absolute Gasteiger partial charge is 0.348 e. The highest BCUT2D eigenvalue weighted by Gasteiger charge is 2.19. The molecule has 1 aliphatic heterocycles. The summed E-state index contributed by atoms with van der Waals surface area (Å²) in [5.74, 6) is 1.03. The average molecular weight is 392 g/mol. The molecular formula is C21H16N2O4S. The number of thiophene rings is 1. The minimum Gasteiger partial charge on any atom is -0.457 e. The van der Waals surface area contributed by atoms with Crippen LogP contribution in [-0.4, -0.2) is 22.5 Å². The first-order chi connectivity index (χ1) is 13.7. The minimum atomic E-state index is -0.349. The van der Waals surface area contributed by atoms with Crippen molar-refractivity contribution in [1.29, 1.82) is 0 Å². The zero-order valence-corrected chi connectivity index (χ0v) is 15.9. The second-order valence-electron chi connectivity index (χ2n) is 6.43. The Balaban J connectivity index is 1.38. The third-order valence-corrected chi connectivity index (χ3v) is 5.64. The number of fused-ring (bicyclic) bond motifs is 2. The average Bonchev–Trinajstić information content (AvgIpc) is 3.43. The molecule has 1 aliphatic rings. The number of rotatable bonds is 4. The molecule has 2 aromatic heterocycles. The van der Waals surface area contributed by atoms with E-state index in [-0.39, 0.29) is 19.4 Å². The Morgan fingerprint density at radius 1 is 1.14 bits per heavy atom. The Kier molecular flexibility index (Phi) is 4.02. The van der Waals surface area contributed by atoms with Crippen LogP contribution in [0, 0.1) is 6.92 Å². The molecule has 2 aromatic carbocycles. The Morgan fingerprint density at radius 2 is 1.96 bits per heavy atom. The van der Waals surface area contributed by atoms with Crippen molar-refractivity contribution in [1.82, 2.24) is 9.78 Å². The Morgan fingerprint density at radius 3 is 2.82 bits per heavy atom. The quantitative estimate of drug-likeness (QED) is 0.479. The van der Waals surface area contributed by atoms with Gasteiger partial charge in [-0.3, -0.25) is 0 Å². The van der Waals surface area contributed by atoms with E-state index in [1.807, 2.05) is 66.2 Å². The van der Waals surface area contributed by atoms with Crippen LogP contribution < -0.4 is 9.47 Å². The van der Waals surface area contributed by atoms with Crippen LogP contribution in [0.2, 0.25) is 0 Å². The topological polar surface area (TPSA) is 62.6 Å². The summed E-state index contributed by atoms with van der Waals surface area (Å²) in [5.41, 5.74) is 2.69. The molecule has 3 heterocycles. The molecule has 0 atom stereocenters. The van der Waals surface area contributed by atoms with Crippen LogP contribution in [0.5, 0.6) is 11.5 Å². The molecule has 0 aliphatic carbocycles. The molecule has 0 saturated heterocycles. The maximum atomic E-state index is 12.6. The second-order valence-corrected chi connectivity index (χ2v) is 7.46. The summed E-state index contributed by atoms with van der Waals surface area (Å²) in [6, 6.07) is 17.2. The van der Waals surface area contributed by atoms with E-state index in [1.165, 1.54) is 11.3 Å². The van der Waals surface area contributed by atoms with Gasteiger partial charge >= 0.3 is 5.97 Å². The highest BCUT2D eigenvalue weighted by molar-refractivity contribution is 7.20. The summed E-state index contributed by atoms with van der Waals surface area (Å²) in [6.45, 7) is 2.34. The summed E-state index contributed by atoms with van der Waals surface area (Å²) >= 11 is 1.38. The third kappa shape index (κ3) is 2.90. The van der Waals surface area contributed by atoms with E-state index in [0.29, 0.717) is 16.4 Å². The number of benzene rings is 2. The molecule has 7 heteroatoms. The fraction of sp³-hybridized carbons (Fsp3) is 0.143. The molecule has 6 nitrogen and oxygen atoms in total. The van der Waals surface area contributed by atoms with Gasteiger partial charge in [-0.25, -0.2) is 9.48 Å². The largest absolute Gasteiger partial charge is 0.457 e. The zero-order chi connectivity index (χ0) is 19.1. The van der Waals surface area contributed by atoms with E-state index in [2.05, 4.69) is 5.10 Å². The van der Waals surface area contributed by atoms with E-state index >= 15 is 0 Å². The van der Waals surface area contributed by atoms with Crippen LogP contribution in [-0.2, 0) is 11.3 Å². The molecule has 28 heavy (non-hydrogen) atoms. The summed E-state index contributed by atoms with van der Waals surface area (Å²) in [7, 11) is 0. The number of ether oxygens (including phenoxy) is 3. The maximum Gasteiger partial charge on any atom is 0.348 e. The first-order valence-corrected chi connectivity index (χ1v) is 9.61. The van der Waals surface area contributed by atoms with Crippen LogP contribution >= 0.6 is 11.3 Å². The van der Waals surface area contributed by atoms with Gasteiger partial charge in [0.25, 0.3) is 0 Å². The third-order valence-electron chi connectivity index (χ3n) is 4.55. The van der Waals surface area contributed by atoms with Crippen molar-refractivity contribution in [3.8, 4) is 17.2 Å². The van der Waals surface area contributed by atoms with Gasteiger partial charge in [0.05, 0.1) is 11.4 Å². The highest BCUT2D eigenvalue weighted by atomic mass is 32.1. The summed E-state index contributed by atoms with van der Waals surface area (Å²) in [4.78, 5) is 14.1. The SMILES string of the molecule is Cc1nn(-c2ccccc2)c2sc(C(=O)OCc3ccc4c(c3)OCO4)cc12. The van der Waals surface area contributed by atoms with Crippen LogP contribution in [0.1, 0.15) is 20.9 Å². The predicted molar refractivity (Wildman–Crippen MR) is 105 cm³/mol. The number of para-hydroxylation sites is 1. The number of carbonyl (C=O) groups is 1. The lowest BCUT2D eigenvalue weighted by Gasteiger charge is -2.05. The fourth-order valence-corrected chi connectivity index (χ4v) is 4.22. The van der Waals surface area contributed by atoms with Crippen molar-refractivity contribution in [2.45, 2.75) is 13.5 Å². The van der Waals surface area contributed by atoms with Crippen LogP contribution in [0.3, 0.4) is 0 Å². The standard InChI is InChI=1S/C21H16N2O4S/c1-13-16-10-19(28-20(16)23(22-13)15-5-3-2-4-6-15)21(24)25-11-14-7-8-17-18(9-14)27-12-26-17/h2-10H,11-12H2,1H3. The van der Waals surface area contributed by atoms with Crippen LogP contribution in [0.15, 0.2) is 54.6 Å². The Hall–Kier alpha value is -3.32. The van der Waals surface area contributed by atoms with Gasteiger partial charge in [0.1, 0.15) is 16.3 Å². The van der Waals surface area contributed by atoms with Crippen molar-refractivity contribution in [3.05, 3.63) is 70.7 Å². The summed E-state index contributed by atoms with van der Waals surface area (Å²) in [6.07, 6.45) is 0. The van der Waals surface area contributed by atoms with Crippen LogP contribution in [0.4, 0.5) is 0 Å². The van der Waals surface area contributed by atoms with Crippen molar-refractivity contribution >= 4 is 27.5 Å². The van der Waals surface area contributed by atoms with Crippen molar-refractivity contribution < 1.29 is 19.0 Å². The summed E-state index contributed by atoms with van der Waals surface area (Å²) < 4.78 is 18.0. The maximum absolute atomic E-state index is 12.6. The lowest BCUT2D eigenvalue weighted by Crippen LogP contribution is -2.03. The molecule has 0 radical (unpaired) electrons. The number of nitrogens with zero attached hydrogens (tertiary/aromatic N) is 2. The van der Waals surface area contributed by atoms with Gasteiger partial charge in [-0.1, -0.05) is 24.3 Å². The predicted octanol–water partition coefficient (Wildman–Crippen LogP) is 4.48. The van der Waals surface area contributed by atoms with E-state index in [9.17, 15) is 4.79 Å². The monoisotopic (exact) mass is 392 g/mol. The molecule has 4 aromatic rings. The number of carbonyl (C=O) groups excluding carboxylic acids is 1. The Labute approximate surface area is 164 Å². The first-order valence-electron chi connectivity index (χ1n) is 8.79. The molecule has 0 amide bonds. The molecule has 140 valence electrons. The summed E-state index contributed by atoms with van der Waals surface area (Å²) in [5, 5.41) is 5.56. The number of hydrogen-bond donors (Lipinski definition) is 0. The zero-order valence-electron chi connectivity index (χ0n) is 15.0.